The molecule has 0 heterocycles. The Hall–Kier alpha value is -1.11. The third kappa shape index (κ3) is 3.69. The Morgan fingerprint density at radius 3 is 2.56 bits per heavy atom. The van der Waals surface area contributed by atoms with Crippen LogP contribution < -0.4 is 10.5 Å². The van der Waals surface area contributed by atoms with Gasteiger partial charge < -0.3 is 10.5 Å². The lowest BCUT2D eigenvalue weighted by atomic mass is 10.1. The summed E-state index contributed by atoms with van der Waals surface area (Å²) in [6.07, 6.45) is 0. The largest absolute Gasteiger partial charge is 0.496 e. The fourth-order valence-corrected chi connectivity index (χ4v) is 2.65. The molecule has 0 spiro atoms. The number of hydrogen-bond acceptors (Lipinski definition) is 4. The van der Waals surface area contributed by atoms with Crippen LogP contribution in [-0.2, 0) is 16.6 Å². The van der Waals surface area contributed by atoms with Crippen LogP contribution in [0.15, 0.2) is 18.2 Å². The summed E-state index contributed by atoms with van der Waals surface area (Å²) in [6.45, 7) is 2.40. The number of sulfonamides is 1. The molecule has 1 aromatic rings. The quantitative estimate of drug-likeness (QED) is 0.828. The smallest absolute Gasteiger partial charge is 0.215 e. The van der Waals surface area contributed by atoms with Crippen LogP contribution in [0.3, 0.4) is 0 Å². The summed E-state index contributed by atoms with van der Waals surface area (Å²) in [4.78, 5) is 0. The number of methoxy groups -OCH3 is 1. The van der Waals surface area contributed by atoms with Gasteiger partial charge in [-0.2, -0.15) is 0 Å². The Bertz CT molecular complexity index is 500. The van der Waals surface area contributed by atoms with Gasteiger partial charge in [-0.1, -0.05) is 12.1 Å². The number of hydrogen-bond donors (Lipinski definition) is 1. The summed E-state index contributed by atoms with van der Waals surface area (Å²) >= 11 is 0. The minimum Gasteiger partial charge on any atom is -0.496 e. The monoisotopic (exact) mass is 272 g/mol. The second-order valence-electron chi connectivity index (χ2n) is 4.16. The van der Waals surface area contributed by atoms with E-state index in [1.54, 1.807) is 14.2 Å². The molecule has 0 amide bonds. The van der Waals surface area contributed by atoms with Gasteiger partial charge in [-0.05, 0) is 24.1 Å². The van der Waals surface area contributed by atoms with Crippen molar-refractivity contribution in [3.8, 4) is 5.75 Å². The first-order valence-corrected chi connectivity index (χ1v) is 7.29. The van der Waals surface area contributed by atoms with Gasteiger partial charge >= 0.3 is 0 Å². The molecule has 6 heteroatoms. The van der Waals surface area contributed by atoms with Gasteiger partial charge in [-0.3, -0.25) is 0 Å². The standard InChI is InChI=1S/C12H20N2O3S/c1-10-8-11(4-5-12(10)17-3)9-14(2)18(15,16)7-6-13/h4-5,8H,6-7,9,13H2,1-3H3. The topological polar surface area (TPSA) is 72.6 Å². The van der Waals surface area contributed by atoms with Gasteiger partial charge in [0.1, 0.15) is 5.75 Å². The van der Waals surface area contributed by atoms with E-state index in [4.69, 9.17) is 10.5 Å². The third-order valence-electron chi connectivity index (χ3n) is 2.72. The average Bonchev–Trinajstić information content (AvgIpc) is 2.29. The van der Waals surface area contributed by atoms with Gasteiger partial charge in [0.15, 0.2) is 0 Å². The molecule has 1 aromatic carbocycles. The predicted molar refractivity (Wildman–Crippen MR) is 72.0 cm³/mol. The fraction of sp³-hybridized carbons (Fsp3) is 0.500. The molecule has 0 bridgehead atoms. The molecule has 0 atom stereocenters. The minimum absolute atomic E-state index is 0.0291. The van der Waals surface area contributed by atoms with E-state index in [9.17, 15) is 8.42 Å². The second kappa shape index (κ2) is 6.17. The summed E-state index contributed by atoms with van der Waals surface area (Å²) in [5.41, 5.74) is 7.20. The molecule has 0 unspecified atom stereocenters. The van der Waals surface area contributed by atoms with Gasteiger partial charge in [0.05, 0.1) is 12.9 Å². The Kier molecular flexibility index (Phi) is 5.13. The Balaban J connectivity index is 2.82. The molecule has 5 nitrogen and oxygen atoms in total. The summed E-state index contributed by atoms with van der Waals surface area (Å²) in [6, 6.07) is 5.63. The molecule has 0 saturated heterocycles. The van der Waals surface area contributed by atoms with Crippen molar-refractivity contribution in [1.82, 2.24) is 4.31 Å². The van der Waals surface area contributed by atoms with Gasteiger partial charge in [0, 0.05) is 20.1 Å². The van der Waals surface area contributed by atoms with Crippen molar-refractivity contribution in [3.63, 3.8) is 0 Å². The summed E-state index contributed by atoms with van der Waals surface area (Å²) in [5.74, 6) is 0.768. The number of nitrogens with two attached hydrogens (primary N) is 1. The van der Waals surface area contributed by atoms with Gasteiger partial charge in [0.2, 0.25) is 10.0 Å². The van der Waals surface area contributed by atoms with Gasteiger partial charge in [0.25, 0.3) is 0 Å². The Labute approximate surface area is 109 Å². The molecule has 18 heavy (non-hydrogen) atoms. The van der Waals surface area contributed by atoms with Crippen molar-refractivity contribution in [2.24, 2.45) is 5.73 Å². The van der Waals surface area contributed by atoms with Crippen molar-refractivity contribution in [1.29, 1.82) is 0 Å². The van der Waals surface area contributed by atoms with E-state index in [-0.39, 0.29) is 12.3 Å². The highest BCUT2D eigenvalue weighted by atomic mass is 32.2. The molecule has 0 radical (unpaired) electrons. The molecule has 0 aliphatic rings. The van der Waals surface area contributed by atoms with Crippen molar-refractivity contribution in [2.75, 3.05) is 26.5 Å². The van der Waals surface area contributed by atoms with Gasteiger partial charge in [-0.25, -0.2) is 12.7 Å². The highest BCUT2D eigenvalue weighted by Crippen LogP contribution is 2.19. The second-order valence-corrected chi connectivity index (χ2v) is 6.36. The van der Waals surface area contributed by atoms with Gasteiger partial charge in [-0.15, -0.1) is 0 Å². The Morgan fingerprint density at radius 2 is 2.06 bits per heavy atom. The summed E-state index contributed by atoms with van der Waals surface area (Å²) < 4.78 is 30.0. The van der Waals surface area contributed by atoms with E-state index in [1.807, 2.05) is 25.1 Å². The van der Waals surface area contributed by atoms with Crippen LogP contribution in [0.1, 0.15) is 11.1 Å². The highest BCUT2D eigenvalue weighted by Gasteiger charge is 2.17. The van der Waals surface area contributed by atoms with Crippen LogP contribution in [0.4, 0.5) is 0 Å². The van der Waals surface area contributed by atoms with Crippen molar-refractivity contribution < 1.29 is 13.2 Å². The van der Waals surface area contributed by atoms with Crippen LogP contribution in [0.5, 0.6) is 5.75 Å². The van der Waals surface area contributed by atoms with Crippen LogP contribution >= 0.6 is 0 Å². The molecule has 1 rings (SSSR count). The van der Waals surface area contributed by atoms with Crippen LogP contribution in [0.2, 0.25) is 0 Å². The van der Waals surface area contributed by atoms with E-state index < -0.39 is 10.0 Å². The first-order valence-electron chi connectivity index (χ1n) is 5.68. The molecule has 102 valence electrons. The zero-order valence-corrected chi connectivity index (χ0v) is 11.8. The lowest BCUT2D eigenvalue weighted by Crippen LogP contribution is -2.31. The van der Waals surface area contributed by atoms with Crippen LogP contribution in [-0.4, -0.2) is 39.2 Å². The van der Waals surface area contributed by atoms with Crippen molar-refractivity contribution in [2.45, 2.75) is 13.5 Å². The van der Waals surface area contributed by atoms with Crippen molar-refractivity contribution in [3.05, 3.63) is 29.3 Å². The highest BCUT2D eigenvalue weighted by molar-refractivity contribution is 7.89. The molecule has 0 aliphatic carbocycles. The molecular weight excluding hydrogens is 252 g/mol. The van der Waals surface area contributed by atoms with Crippen LogP contribution in [0, 0.1) is 6.92 Å². The molecule has 2 N–H and O–H groups in total. The van der Waals surface area contributed by atoms with Crippen molar-refractivity contribution >= 4 is 10.0 Å². The van der Waals surface area contributed by atoms with E-state index in [0.29, 0.717) is 6.54 Å². The normalized spacial score (nSPS) is 11.8. The zero-order chi connectivity index (χ0) is 13.8. The van der Waals surface area contributed by atoms with E-state index >= 15 is 0 Å². The first-order chi connectivity index (χ1) is 8.40. The number of benzene rings is 1. The lowest BCUT2D eigenvalue weighted by Gasteiger charge is -2.17. The minimum atomic E-state index is -3.26. The van der Waals surface area contributed by atoms with E-state index in [1.165, 1.54) is 4.31 Å². The molecule has 0 saturated carbocycles. The van der Waals surface area contributed by atoms with E-state index in [0.717, 1.165) is 16.9 Å². The molecular formula is C12H20N2O3S. The number of ether oxygens (including phenoxy) is 1. The first kappa shape index (κ1) is 14.9. The lowest BCUT2D eigenvalue weighted by molar-refractivity contribution is 0.411. The summed E-state index contributed by atoms with van der Waals surface area (Å²) in [7, 11) is -0.0890. The number of aryl methyl sites for hydroxylation is 1. The molecule has 0 fully saturated rings. The fourth-order valence-electron chi connectivity index (χ4n) is 1.70. The Morgan fingerprint density at radius 1 is 1.39 bits per heavy atom. The zero-order valence-electron chi connectivity index (χ0n) is 11.0. The third-order valence-corrected chi connectivity index (χ3v) is 4.55. The van der Waals surface area contributed by atoms with Crippen LogP contribution in [0.25, 0.3) is 0 Å². The maximum absolute atomic E-state index is 11.8. The van der Waals surface area contributed by atoms with E-state index in [2.05, 4.69) is 0 Å². The number of nitrogens with zero attached hydrogens (tertiary/aromatic N) is 1. The number of rotatable bonds is 6. The maximum atomic E-state index is 11.8. The maximum Gasteiger partial charge on any atom is 0.215 e. The predicted octanol–water partition coefficient (Wildman–Crippen LogP) is 0.724. The SMILES string of the molecule is COc1ccc(CN(C)S(=O)(=O)CCN)cc1C. The molecule has 0 aromatic heterocycles. The average molecular weight is 272 g/mol. The summed E-state index contributed by atoms with van der Waals surface area (Å²) in [5, 5.41) is 0. The molecule has 0 aliphatic heterocycles.